The van der Waals surface area contributed by atoms with E-state index in [2.05, 4.69) is 14.5 Å². The summed E-state index contributed by atoms with van der Waals surface area (Å²) in [5.41, 5.74) is 5.87. The first-order valence-electron chi connectivity index (χ1n) is 9.31. The Labute approximate surface area is 186 Å². The van der Waals surface area contributed by atoms with E-state index in [4.69, 9.17) is 30.5 Å². The molecule has 0 spiro atoms. The summed E-state index contributed by atoms with van der Waals surface area (Å²) < 4.78 is 21.4. The summed E-state index contributed by atoms with van der Waals surface area (Å²) in [6.45, 7) is -0.627. The number of pyridine rings is 1. The maximum Gasteiger partial charge on any atom is 0.469 e. The number of phosphoric acid groups is 1. The van der Waals surface area contributed by atoms with Crippen molar-refractivity contribution in [2.75, 3.05) is 6.61 Å². The summed E-state index contributed by atoms with van der Waals surface area (Å²) in [6.07, 6.45) is 0.866. The normalized spacial score (nSPS) is 23.4. The summed E-state index contributed by atoms with van der Waals surface area (Å²) in [7, 11) is -4.73. The number of carboxylic acid groups (broad SMARTS) is 2. The SMILES string of the molecule is NC(Cc1c[nH]cn1)C(=O)O.O=C(O)c1ccc[n+]([C@@H]2O[C@H](COP(=O)(O)O)[C@@H](O)[C@H]2O)c1. The number of hydrogen-bond acceptors (Lipinski definition) is 9. The van der Waals surface area contributed by atoms with Gasteiger partial charge in [-0.3, -0.25) is 9.32 Å². The van der Waals surface area contributed by atoms with Crippen molar-refractivity contribution < 1.29 is 58.2 Å². The number of H-pyrrole nitrogens is 1. The average Bonchev–Trinajstić information content (AvgIpc) is 3.35. The molecule has 0 amide bonds. The van der Waals surface area contributed by atoms with Gasteiger partial charge in [-0.25, -0.2) is 14.3 Å². The lowest BCUT2D eigenvalue weighted by Crippen LogP contribution is -2.46. The van der Waals surface area contributed by atoms with Gasteiger partial charge in [-0.15, -0.1) is 0 Å². The molecule has 5 atom stereocenters. The number of nitrogens with two attached hydrogens (primary N) is 1. The smallest absolute Gasteiger partial charge is 0.469 e. The molecule has 1 saturated heterocycles. The molecule has 9 N–H and O–H groups in total. The molecule has 1 fully saturated rings. The number of hydrogen-bond donors (Lipinski definition) is 8. The van der Waals surface area contributed by atoms with Crippen LogP contribution in [0.1, 0.15) is 22.3 Å². The topological polar surface area (TPSA) is 250 Å². The van der Waals surface area contributed by atoms with Gasteiger partial charge in [-0.2, -0.15) is 4.57 Å². The Balaban J connectivity index is 0.000000294. The van der Waals surface area contributed by atoms with Gasteiger partial charge >= 0.3 is 19.8 Å². The Hall–Kier alpha value is -2.75. The van der Waals surface area contributed by atoms with Crippen LogP contribution in [0.25, 0.3) is 0 Å². The minimum Gasteiger partial charge on any atom is -0.480 e. The molecule has 0 radical (unpaired) electrons. The van der Waals surface area contributed by atoms with Crippen molar-refractivity contribution in [3.05, 3.63) is 48.3 Å². The van der Waals surface area contributed by atoms with Gasteiger partial charge < -0.3 is 45.7 Å². The molecular formula is C17H24N4O11P+. The predicted molar refractivity (Wildman–Crippen MR) is 105 cm³/mol. The molecule has 1 aliphatic heterocycles. The number of aliphatic hydroxyl groups is 2. The maximum absolute atomic E-state index is 10.9. The van der Waals surface area contributed by atoms with Crippen molar-refractivity contribution in [2.45, 2.75) is 37.0 Å². The number of aromatic amines is 1. The van der Waals surface area contributed by atoms with Crippen molar-refractivity contribution in [3.8, 4) is 0 Å². The first kappa shape index (κ1) is 26.5. The van der Waals surface area contributed by atoms with Crippen LogP contribution in [0.15, 0.2) is 37.1 Å². The molecule has 16 heteroatoms. The number of aromatic nitrogens is 3. The second-order valence-electron chi connectivity index (χ2n) is 6.89. The molecule has 0 aromatic carbocycles. The number of aromatic carboxylic acids is 1. The third-order valence-electron chi connectivity index (χ3n) is 4.41. The third kappa shape index (κ3) is 7.96. The summed E-state index contributed by atoms with van der Waals surface area (Å²) in [6, 6.07) is 1.90. The molecule has 15 nitrogen and oxygen atoms in total. The summed E-state index contributed by atoms with van der Waals surface area (Å²) in [5.74, 6) is -2.18. The number of nitrogens with zero attached hydrogens (tertiary/aromatic N) is 2. The van der Waals surface area contributed by atoms with Crippen molar-refractivity contribution in [2.24, 2.45) is 5.73 Å². The predicted octanol–water partition coefficient (Wildman–Crippen LogP) is -2.24. The Morgan fingerprint density at radius 1 is 1.30 bits per heavy atom. The van der Waals surface area contributed by atoms with Crippen LogP contribution < -0.4 is 10.3 Å². The van der Waals surface area contributed by atoms with Crippen molar-refractivity contribution in [1.82, 2.24) is 9.97 Å². The standard InChI is InChI=1S/C11H14NO9P.C6H9N3O2/c13-8-7(5-20-22(17,18)19)21-10(9(8)14)12-3-1-2-6(4-12)11(15)16;7-5(6(10)11)1-4-2-8-3-9-4/h1-4,7-10,13-14H,5H2,(H2-,15,16,17,18,19);2-3,5H,1,7H2,(H,8,9)(H,10,11)/p+1/t7-,8-,9-,10-;/m1./s1. The molecule has 1 unspecified atom stereocenters. The number of ether oxygens (including phenoxy) is 1. The van der Waals surface area contributed by atoms with Crippen LogP contribution >= 0.6 is 7.82 Å². The van der Waals surface area contributed by atoms with Gasteiger partial charge in [0.15, 0.2) is 18.5 Å². The van der Waals surface area contributed by atoms with Gasteiger partial charge in [-0.05, 0) is 6.07 Å². The number of aliphatic carboxylic acids is 1. The number of aliphatic hydroxyl groups excluding tert-OH is 2. The number of carboxylic acids is 2. The molecule has 2 aromatic heterocycles. The molecule has 0 aliphatic carbocycles. The maximum atomic E-state index is 10.9. The van der Waals surface area contributed by atoms with Gasteiger partial charge in [0, 0.05) is 18.7 Å². The minimum absolute atomic E-state index is 0.0530. The fourth-order valence-corrected chi connectivity index (χ4v) is 3.12. The highest BCUT2D eigenvalue weighted by molar-refractivity contribution is 7.46. The van der Waals surface area contributed by atoms with Gasteiger partial charge in [0.25, 0.3) is 6.23 Å². The number of nitrogens with one attached hydrogen (secondary N) is 1. The van der Waals surface area contributed by atoms with E-state index >= 15 is 0 Å². The second kappa shape index (κ2) is 11.4. The third-order valence-corrected chi connectivity index (χ3v) is 4.89. The molecule has 1 aliphatic rings. The lowest BCUT2D eigenvalue weighted by atomic mass is 10.1. The molecule has 0 bridgehead atoms. The van der Waals surface area contributed by atoms with Gasteiger partial charge in [0.1, 0.15) is 23.8 Å². The molecule has 3 rings (SSSR count). The average molecular weight is 491 g/mol. The van der Waals surface area contributed by atoms with Crippen LogP contribution in [0.2, 0.25) is 0 Å². The van der Waals surface area contributed by atoms with E-state index in [1.165, 1.54) is 35.4 Å². The molecular weight excluding hydrogens is 467 g/mol. The van der Waals surface area contributed by atoms with Crippen LogP contribution in [0.5, 0.6) is 0 Å². The summed E-state index contributed by atoms with van der Waals surface area (Å²) in [5, 5.41) is 37.1. The van der Waals surface area contributed by atoms with E-state index in [-0.39, 0.29) is 12.0 Å². The zero-order chi connectivity index (χ0) is 24.8. The number of imidazole rings is 1. The Bertz CT molecular complexity index is 983. The lowest BCUT2D eigenvalue weighted by Gasteiger charge is -2.13. The highest BCUT2D eigenvalue weighted by Gasteiger charge is 2.49. The molecule has 3 heterocycles. The van der Waals surface area contributed by atoms with Crippen LogP contribution in [-0.4, -0.2) is 83.1 Å². The molecule has 182 valence electrons. The first-order chi connectivity index (χ1) is 15.4. The van der Waals surface area contributed by atoms with E-state index in [9.17, 15) is 24.4 Å². The number of carbonyl (C=O) groups is 2. The van der Waals surface area contributed by atoms with E-state index in [1.54, 1.807) is 6.20 Å². The van der Waals surface area contributed by atoms with Crippen LogP contribution in [0.4, 0.5) is 0 Å². The quantitative estimate of drug-likeness (QED) is 0.144. The van der Waals surface area contributed by atoms with Gasteiger partial charge in [-0.1, -0.05) is 0 Å². The van der Waals surface area contributed by atoms with Crippen molar-refractivity contribution >= 4 is 19.8 Å². The van der Waals surface area contributed by atoms with Crippen LogP contribution in [0.3, 0.4) is 0 Å². The highest BCUT2D eigenvalue weighted by atomic mass is 31.2. The molecule has 2 aromatic rings. The Kier molecular flexibility index (Phi) is 9.16. The Morgan fingerprint density at radius 2 is 2.00 bits per heavy atom. The summed E-state index contributed by atoms with van der Waals surface area (Å²) >= 11 is 0. The van der Waals surface area contributed by atoms with Crippen LogP contribution in [0, 0.1) is 0 Å². The van der Waals surface area contributed by atoms with E-state index < -0.39 is 56.9 Å². The molecule has 0 saturated carbocycles. The van der Waals surface area contributed by atoms with Crippen LogP contribution in [-0.2, 0) is 25.0 Å². The second-order valence-corrected chi connectivity index (χ2v) is 8.13. The first-order valence-corrected chi connectivity index (χ1v) is 10.8. The van der Waals surface area contributed by atoms with Gasteiger partial charge in [0.05, 0.1) is 18.6 Å². The fourth-order valence-electron chi connectivity index (χ4n) is 2.78. The zero-order valence-corrected chi connectivity index (χ0v) is 17.8. The largest absolute Gasteiger partial charge is 0.480 e. The molecule has 33 heavy (non-hydrogen) atoms. The lowest BCUT2D eigenvalue weighted by molar-refractivity contribution is -0.765. The minimum atomic E-state index is -4.73. The zero-order valence-electron chi connectivity index (χ0n) is 16.9. The van der Waals surface area contributed by atoms with E-state index in [0.717, 1.165) is 0 Å². The van der Waals surface area contributed by atoms with E-state index in [1.807, 2.05) is 0 Å². The number of phosphoric ester groups is 1. The van der Waals surface area contributed by atoms with Crippen molar-refractivity contribution in [3.63, 3.8) is 0 Å². The Morgan fingerprint density at radius 3 is 2.55 bits per heavy atom. The summed E-state index contributed by atoms with van der Waals surface area (Å²) in [4.78, 5) is 45.0. The monoisotopic (exact) mass is 491 g/mol. The highest BCUT2D eigenvalue weighted by Crippen LogP contribution is 2.37. The number of rotatable bonds is 8. The van der Waals surface area contributed by atoms with Gasteiger partial charge in [0.2, 0.25) is 0 Å². The van der Waals surface area contributed by atoms with E-state index in [0.29, 0.717) is 5.69 Å². The fraction of sp³-hybridized carbons (Fsp3) is 0.412. The van der Waals surface area contributed by atoms with Crippen molar-refractivity contribution in [1.29, 1.82) is 0 Å².